The van der Waals surface area contributed by atoms with Gasteiger partial charge in [0.15, 0.2) is 0 Å². The fourth-order valence-electron chi connectivity index (χ4n) is 7.45. The summed E-state index contributed by atoms with van der Waals surface area (Å²) < 4.78 is 16.6. The van der Waals surface area contributed by atoms with Gasteiger partial charge in [0, 0.05) is 19.4 Å². The van der Waals surface area contributed by atoms with Crippen molar-refractivity contribution >= 4 is 18.0 Å². The van der Waals surface area contributed by atoms with E-state index in [0.29, 0.717) is 44.4 Å². The number of unbranched alkanes of at least 4 members (excludes halogenated alkanes) is 14. The normalized spacial score (nSPS) is 11.8. The minimum atomic E-state index is -0.493. The van der Waals surface area contributed by atoms with E-state index in [0.717, 1.165) is 103 Å². The van der Waals surface area contributed by atoms with E-state index in [1.54, 1.807) is 0 Å². The summed E-state index contributed by atoms with van der Waals surface area (Å²) in [6, 6.07) is 0. The Balaban J connectivity index is 4.39. The minimum absolute atomic E-state index is 0.0269. The number of nitrogens with zero attached hydrogens (tertiary/aromatic N) is 1. The number of rotatable bonds is 40. The molecule has 0 aromatic rings. The largest absolute Gasteiger partial charge is 0.466 e. The second-order valence-corrected chi connectivity index (χ2v) is 17.7. The van der Waals surface area contributed by atoms with Crippen molar-refractivity contribution in [1.29, 1.82) is 0 Å². The molecule has 0 spiro atoms. The van der Waals surface area contributed by atoms with Crippen molar-refractivity contribution < 1.29 is 28.6 Å². The lowest BCUT2D eigenvalue weighted by Gasteiger charge is -2.23. The molecule has 8 heteroatoms. The molecule has 0 aliphatic carbocycles. The summed E-state index contributed by atoms with van der Waals surface area (Å²) in [6.45, 7) is 19.5. The average Bonchev–Trinajstić information content (AvgIpc) is 3.15. The Hall–Kier alpha value is -1.83. The Morgan fingerprint density at radius 3 is 1.30 bits per heavy atom. The summed E-state index contributed by atoms with van der Waals surface area (Å²) in [5, 5.41) is 2.90. The molecule has 0 aliphatic rings. The van der Waals surface area contributed by atoms with Crippen molar-refractivity contribution in [3.63, 3.8) is 0 Å². The maximum absolute atomic E-state index is 12.4. The van der Waals surface area contributed by atoms with Crippen LogP contribution in [-0.4, -0.2) is 67.9 Å². The molecule has 0 aromatic heterocycles. The lowest BCUT2D eigenvalue weighted by Crippen LogP contribution is -2.35. The molecule has 0 bridgehead atoms. The molecule has 0 aliphatic heterocycles. The molecule has 0 rings (SSSR count). The van der Waals surface area contributed by atoms with E-state index < -0.39 is 5.60 Å². The highest BCUT2D eigenvalue weighted by Gasteiger charge is 2.16. The van der Waals surface area contributed by atoms with Gasteiger partial charge in [-0.05, 0) is 97.2 Å². The molecule has 0 saturated heterocycles. The molecule has 0 unspecified atom stereocenters. The number of carbonyl (C=O) groups excluding carboxylic acids is 3. The van der Waals surface area contributed by atoms with Gasteiger partial charge < -0.3 is 24.4 Å². The monoisotopic (exact) mass is 795 g/mol. The van der Waals surface area contributed by atoms with Gasteiger partial charge in [0.1, 0.15) is 5.60 Å². The van der Waals surface area contributed by atoms with E-state index in [1.807, 2.05) is 20.8 Å². The van der Waals surface area contributed by atoms with Crippen molar-refractivity contribution in [3.05, 3.63) is 0 Å². The zero-order valence-corrected chi connectivity index (χ0v) is 38.3. The highest BCUT2D eigenvalue weighted by molar-refractivity contribution is 5.69. The molecule has 56 heavy (non-hydrogen) atoms. The fraction of sp³-hybridized carbons (Fsp3) is 0.938. The number of carbonyl (C=O) groups is 3. The van der Waals surface area contributed by atoms with E-state index in [4.69, 9.17) is 14.2 Å². The molecule has 1 amide bonds. The smallest absolute Gasteiger partial charge is 0.407 e. The Kier molecular flexibility index (Phi) is 37.4. The predicted molar refractivity (Wildman–Crippen MR) is 236 cm³/mol. The molecular formula is C48H94N2O6. The molecule has 0 atom stereocenters. The van der Waals surface area contributed by atoms with Crippen LogP contribution in [0.5, 0.6) is 0 Å². The lowest BCUT2D eigenvalue weighted by atomic mass is 9.92. The summed E-state index contributed by atoms with van der Waals surface area (Å²) in [5.74, 6) is 1.33. The van der Waals surface area contributed by atoms with E-state index in [-0.39, 0.29) is 18.0 Å². The van der Waals surface area contributed by atoms with Crippen LogP contribution in [0.2, 0.25) is 0 Å². The number of amides is 1. The van der Waals surface area contributed by atoms with Crippen LogP contribution in [0.4, 0.5) is 4.79 Å². The number of alkyl carbamates (subject to hydrolysis) is 1. The van der Waals surface area contributed by atoms with Crippen molar-refractivity contribution in [2.45, 2.75) is 240 Å². The molecule has 0 aromatic carbocycles. The van der Waals surface area contributed by atoms with Crippen LogP contribution in [0.25, 0.3) is 0 Å². The molecule has 1 N–H and O–H groups in total. The zero-order valence-electron chi connectivity index (χ0n) is 38.3. The van der Waals surface area contributed by atoms with Gasteiger partial charge in [0.05, 0.1) is 13.2 Å². The molecule has 332 valence electrons. The second-order valence-electron chi connectivity index (χ2n) is 17.7. The van der Waals surface area contributed by atoms with Crippen LogP contribution >= 0.6 is 0 Å². The summed E-state index contributed by atoms with van der Waals surface area (Å²) >= 11 is 0. The molecular weight excluding hydrogens is 701 g/mol. The van der Waals surface area contributed by atoms with Crippen molar-refractivity contribution in [3.8, 4) is 0 Å². The second kappa shape index (κ2) is 38.7. The summed E-state index contributed by atoms with van der Waals surface area (Å²) in [7, 11) is 0. The quantitative estimate of drug-likeness (QED) is 0.0375. The molecule has 8 nitrogen and oxygen atoms in total. The maximum atomic E-state index is 12.4. The molecule has 0 fully saturated rings. The topological polar surface area (TPSA) is 94.2 Å². The number of nitrogens with one attached hydrogen (secondary N) is 1. The van der Waals surface area contributed by atoms with Crippen LogP contribution in [0.3, 0.4) is 0 Å². The van der Waals surface area contributed by atoms with Gasteiger partial charge in [-0.15, -0.1) is 0 Å². The number of esters is 2. The van der Waals surface area contributed by atoms with Gasteiger partial charge in [0.25, 0.3) is 0 Å². The molecule has 0 heterocycles. The van der Waals surface area contributed by atoms with Crippen LogP contribution in [-0.2, 0) is 23.8 Å². The number of ether oxygens (including phenoxy) is 3. The van der Waals surface area contributed by atoms with Crippen molar-refractivity contribution in [2.75, 3.05) is 39.4 Å². The van der Waals surface area contributed by atoms with E-state index in [2.05, 4.69) is 37.9 Å². The lowest BCUT2D eigenvalue weighted by molar-refractivity contribution is -0.145. The van der Waals surface area contributed by atoms with Gasteiger partial charge in [-0.1, -0.05) is 156 Å². The van der Waals surface area contributed by atoms with E-state index >= 15 is 0 Å². The van der Waals surface area contributed by atoms with E-state index in [9.17, 15) is 14.4 Å². The van der Waals surface area contributed by atoms with Gasteiger partial charge >= 0.3 is 18.0 Å². The van der Waals surface area contributed by atoms with Crippen LogP contribution in [0.15, 0.2) is 0 Å². The Labute approximate surface area is 347 Å². The Bertz CT molecular complexity index is 889. The van der Waals surface area contributed by atoms with Gasteiger partial charge in [0.2, 0.25) is 0 Å². The summed E-state index contributed by atoms with van der Waals surface area (Å²) in [5.41, 5.74) is -0.493. The number of hydrogen-bond acceptors (Lipinski definition) is 7. The fourth-order valence-corrected chi connectivity index (χ4v) is 7.45. The van der Waals surface area contributed by atoms with Crippen LogP contribution in [0, 0.1) is 11.8 Å². The van der Waals surface area contributed by atoms with Crippen molar-refractivity contribution in [1.82, 2.24) is 10.2 Å². The third-order valence-corrected chi connectivity index (χ3v) is 11.0. The third-order valence-electron chi connectivity index (χ3n) is 11.0. The van der Waals surface area contributed by atoms with Gasteiger partial charge in [-0.3, -0.25) is 9.59 Å². The summed E-state index contributed by atoms with van der Waals surface area (Å²) in [4.78, 5) is 39.4. The molecule has 0 saturated carbocycles. The first-order chi connectivity index (χ1) is 27.0. The SMILES string of the molecule is CCCCCC(CCCCC)CCOC(=O)CCCCCCCN(CCCCCCCC(=O)OCCC(CCCC)CCCC)CCCNC(=O)OC(C)(C)C. The maximum Gasteiger partial charge on any atom is 0.407 e. The first kappa shape index (κ1) is 54.2. The van der Waals surface area contributed by atoms with Crippen LogP contribution < -0.4 is 5.32 Å². The zero-order chi connectivity index (χ0) is 41.5. The first-order valence-electron chi connectivity index (χ1n) is 24.0. The Morgan fingerprint density at radius 2 is 0.875 bits per heavy atom. The average molecular weight is 795 g/mol. The predicted octanol–water partition coefficient (Wildman–Crippen LogP) is 13.5. The van der Waals surface area contributed by atoms with E-state index in [1.165, 1.54) is 89.9 Å². The molecule has 0 radical (unpaired) electrons. The summed E-state index contributed by atoms with van der Waals surface area (Å²) in [6.07, 6.45) is 32.2. The van der Waals surface area contributed by atoms with Gasteiger partial charge in [-0.25, -0.2) is 4.79 Å². The van der Waals surface area contributed by atoms with Crippen molar-refractivity contribution in [2.24, 2.45) is 11.8 Å². The minimum Gasteiger partial charge on any atom is -0.466 e. The Morgan fingerprint density at radius 1 is 0.482 bits per heavy atom. The first-order valence-corrected chi connectivity index (χ1v) is 24.0. The standard InChI is InChI=1S/C48H94N2O6/c1-8-12-22-31-44(32-23-13-9-2)36-42-55-46(52)34-25-19-17-21-27-39-50(40-28-37-49-47(53)56-48(5,6)7)38-26-20-16-18-24-33-45(51)54-41-35-43(29-14-10-3)30-15-11-4/h43-44H,8-42H2,1-7H3,(H,49,53). The highest BCUT2D eigenvalue weighted by Crippen LogP contribution is 2.22. The number of hydrogen-bond donors (Lipinski definition) is 1. The highest BCUT2D eigenvalue weighted by atomic mass is 16.6. The third kappa shape index (κ3) is 37.7. The van der Waals surface area contributed by atoms with Gasteiger partial charge in [-0.2, -0.15) is 0 Å². The van der Waals surface area contributed by atoms with Crippen LogP contribution in [0.1, 0.15) is 235 Å².